The fraction of sp³-hybridized carbons (Fsp3) is 0.600. The number of hydrogen-bond acceptors (Lipinski definition) is 4. The average Bonchev–Trinajstić information content (AvgIpc) is 2.37. The molecule has 2 unspecified atom stereocenters. The molecule has 0 aliphatic heterocycles. The largest absolute Gasteiger partial charge is 0.389 e. The van der Waals surface area contributed by atoms with Crippen molar-refractivity contribution in [1.29, 1.82) is 0 Å². The van der Waals surface area contributed by atoms with Crippen LogP contribution < -0.4 is 5.32 Å². The van der Waals surface area contributed by atoms with Crippen molar-refractivity contribution in [1.82, 2.24) is 10.2 Å². The van der Waals surface area contributed by atoms with Crippen molar-refractivity contribution in [2.75, 3.05) is 33.8 Å². The van der Waals surface area contributed by atoms with Gasteiger partial charge in [-0.2, -0.15) is 0 Å². The highest BCUT2D eigenvalue weighted by molar-refractivity contribution is 5.13. The van der Waals surface area contributed by atoms with Gasteiger partial charge in [0.2, 0.25) is 0 Å². The molecule has 1 rings (SSSR count). The molecule has 0 saturated carbocycles. The Kier molecular flexibility index (Phi) is 7.67. The first-order chi connectivity index (χ1) is 9.08. The number of nitrogens with zero attached hydrogens (tertiary/aromatic N) is 1. The second-order valence-corrected chi connectivity index (χ2v) is 5.23. The maximum atomic E-state index is 9.81. The molecule has 19 heavy (non-hydrogen) atoms. The number of benzene rings is 1. The molecule has 0 radical (unpaired) electrons. The van der Waals surface area contributed by atoms with Crippen LogP contribution in [0.15, 0.2) is 30.3 Å². The molecular formula is C15H26N2O2. The van der Waals surface area contributed by atoms with E-state index in [0.29, 0.717) is 25.8 Å². The number of aliphatic hydroxyl groups excluding tert-OH is 1. The van der Waals surface area contributed by atoms with E-state index in [1.807, 2.05) is 44.4 Å². The van der Waals surface area contributed by atoms with Gasteiger partial charge in [-0.15, -0.1) is 0 Å². The van der Waals surface area contributed by atoms with E-state index < -0.39 is 6.10 Å². The Morgan fingerprint density at radius 1 is 1.26 bits per heavy atom. The number of likely N-dealkylation sites (N-methyl/N-ethyl adjacent to an activating group) is 1. The molecular weight excluding hydrogens is 240 g/mol. The van der Waals surface area contributed by atoms with Crippen LogP contribution in [0.5, 0.6) is 0 Å². The van der Waals surface area contributed by atoms with E-state index in [9.17, 15) is 5.11 Å². The maximum absolute atomic E-state index is 9.81. The van der Waals surface area contributed by atoms with Crippen LogP contribution in [0.1, 0.15) is 12.5 Å². The first-order valence-electron chi connectivity index (χ1n) is 6.75. The van der Waals surface area contributed by atoms with Crippen molar-refractivity contribution in [2.24, 2.45) is 0 Å². The van der Waals surface area contributed by atoms with Gasteiger partial charge in [0, 0.05) is 19.1 Å². The van der Waals surface area contributed by atoms with Crippen molar-refractivity contribution < 1.29 is 9.84 Å². The molecule has 0 bridgehead atoms. The third-order valence-electron chi connectivity index (χ3n) is 2.76. The van der Waals surface area contributed by atoms with Gasteiger partial charge >= 0.3 is 0 Å². The van der Waals surface area contributed by atoms with Gasteiger partial charge < -0.3 is 20.1 Å². The molecule has 0 spiro atoms. The summed E-state index contributed by atoms with van der Waals surface area (Å²) in [6, 6.07) is 10.3. The highest BCUT2D eigenvalue weighted by Gasteiger charge is 2.08. The molecule has 0 fully saturated rings. The van der Waals surface area contributed by atoms with Crippen molar-refractivity contribution in [2.45, 2.75) is 25.7 Å². The lowest BCUT2D eigenvalue weighted by molar-refractivity contribution is 0.0275. The molecule has 108 valence electrons. The van der Waals surface area contributed by atoms with Crippen LogP contribution in [0.4, 0.5) is 0 Å². The average molecular weight is 266 g/mol. The molecule has 2 N–H and O–H groups in total. The van der Waals surface area contributed by atoms with Crippen LogP contribution in [0.2, 0.25) is 0 Å². The van der Waals surface area contributed by atoms with Gasteiger partial charge in [0.15, 0.2) is 0 Å². The Labute approximate surface area is 116 Å². The Morgan fingerprint density at radius 3 is 2.58 bits per heavy atom. The molecule has 0 aliphatic carbocycles. The van der Waals surface area contributed by atoms with E-state index in [0.717, 1.165) is 12.1 Å². The van der Waals surface area contributed by atoms with Crippen molar-refractivity contribution in [3.05, 3.63) is 35.9 Å². The van der Waals surface area contributed by atoms with Gasteiger partial charge in [-0.25, -0.2) is 0 Å². The summed E-state index contributed by atoms with van der Waals surface area (Å²) in [6.45, 7) is 4.53. The topological polar surface area (TPSA) is 44.7 Å². The first kappa shape index (κ1) is 16.1. The van der Waals surface area contributed by atoms with E-state index in [-0.39, 0.29) is 0 Å². The van der Waals surface area contributed by atoms with Gasteiger partial charge in [-0.3, -0.25) is 0 Å². The van der Waals surface area contributed by atoms with Gasteiger partial charge in [-0.05, 0) is 26.6 Å². The molecule has 1 aromatic carbocycles. The molecule has 4 nitrogen and oxygen atoms in total. The van der Waals surface area contributed by atoms with E-state index >= 15 is 0 Å². The van der Waals surface area contributed by atoms with Crippen molar-refractivity contribution in [3.8, 4) is 0 Å². The van der Waals surface area contributed by atoms with Gasteiger partial charge in [-0.1, -0.05) is 30.3 Å². The quantitative estimate of drug-likeness (QED) is 0.703. The van der Waals surface area contributed by atoms with E-state index in [2.05, 4.69) is 17.1 Å². The zero-order chi connectivity index (χ0) is 14.1. The van der Waals surface area contributed by atoms with Crippen LogP contribution in [0.25, 0.3) is 0 Å². The SMILES string of the molecule is CC(CN(C)C)NCC(O)COCc1ccccc1. The van der Waals surface area contributed by atoms with Crippen LogP contribution in [0.3, 0.4) is 0 Å². The normalized spacial score (nSPS) is 14.6. The number of nitrogens with one attached hydrogen (secondary N) is 1. The van der Waals surface area contributed by atoms with Crippen molar-refractivity contribution in [3.63, 3.8) is 0 Å². The number of aliphatic hydroxyl groups is 1. The zero-order valence-electron chi connectivity index (χ0n) is 12.2. The molecule has 0 aliphatic rings. The second kappa shape index (κ2) is 9.04. The van der Waals surface area contributed by atoms with Crippen LogP contribution >= 0.6 is 0 Å². The minimum atomic E-state index is -0.465. The zero-order valence-corrected chi connectivity index (χ0v) is 12.2. The van der Waals surface area contributed by atoms with Crippen LogP contribution in [0, 0.1) is 0 Å². The number of hydrogen-bond donors (Lipinski definition) is 2. The minimum Gasteiger partial charge on any atom is -0.389 e. The second-order valence-electron chi connectivity index (χ2n) is 5.23. The fourth-order valence-electron chi connectivity index (χ4n) is 1.90. The molecule has 0 saturated heterocycles. The Hall–Kier alpha value is -0.940. The Bertz CT molecular complexity index is 330. The molecule has 4 heteroatoms. The molecule has 0 amide bonds. The summed E-state index contributed by atoms with van der Waals surface area (Å²) in [5.41, 5.74) is 1.13. The Balaban J connectivity index is 2.09. The summed E-state index contributed by atoms with van der Waals surface area (Å²) in [4.78, 5) is 2.12. The monoisotopic (exact) mass is 266 g/mol. The van der Waals surface area contributed by atoms with Gasteiger partial charge in [0.1, 0.15) is 0 Å². The lowest BCUT2D eigenvalue weighted by atomic mass is 10.2. The summed E-state index contributed by atoms with van der Waals surface area (Å²) in [6.07, 6.45) is -0.465. The van der Waals surface area contributed by atoms with Crippen LogP contribution in [-0.4, -0.2) is 55.9 Å². The molecule has 2 atom stereocenters. The third-order valence-corrected chi connectivity index (χ3v) is 2.76. The Morgan fingerprint density at radius 2 is 1.95 bits per heavy atom. The summed E-state index contributed by atoms with van der Waals surface area (Å²) in [5, 5.41) is 13.1. The maximum Gasteiger partial charge on any atom is 0.0897 e. The summed E-state index contributed by atoms with van der Waals surface area (Å²) < 4.78 is 5.49. The first-order valence-corrected chi connectivity index (χ1v) is 6.75. The van der Waals surface area contributed by atoms with E-state index in [1.165, 1.54) is 0 Å². The van der Waals surface area contributed by atoms with E-state index in [4.69, 9.17) is 4.74 Å². The van der Waals surface area contributed by atoms with Crippen molar-refractivity contribution >= 4 is 0 Å². The third kappa shape index (κ3) is 7.95. The summed E-state index contributed by atoms with van der Waals surface area (Å²) in [5.74, 6) is 0. The lowest BCUT2D eigenvalue weighted by Crippen LogP contribution is -2.41. The smallest absolute Gasteiger partial charge is 0.0897 e. The minimum absolute atomic E-state index is 0.358. The number of rotatable bonds is 9. The number of ether oxygens (including phenoxy) is 1. The molecule has 0 heterocycles. The van der Waals surface area contributed by atoms with Gasteiger partial charge in [0.25, 0.3) is 0 Å². The molecule has 1 aromatic rings. The predicted octanol–water partition coefficient (Wildman–Crippen LogP) is 1.10. The lowest BCUT2D eigenvalue weighted by Gasteiger charge is -2.20. The summed E-state index contributed by atoms with van der Waals surface area (Å²) >= 11 is 0. The predicted molar refractivity (Wildman–Crippen MR) is 78.1 cm³/mol. The molecule has 0 aromatic heterocycles. The fourth-order valence-corrected chi connectivity index (χ4v) is 1.90. The van der Waals surface area contributed by atoms with E-state index in [1.54, 1.807) is 0 Å². The standard InChI is InChI=1S/C15H26N2O2/c1-13(10-17(2)3)16-9-15(18)12-19-11-14-7-5-4-6-8-14/h4-8,13,15-16,18H,9-12H2,1-3H3. The van der Waals surface area contributed by atoms with Gasteiger partial charge in [0.05, 0.1) is 19.3 Å². The summed E-state index contributed by atoms with van der Waals surface area (Å²) in [7, 11) is 4.08. The van der Waals surface area contributed by atoms with Crippen LogP contribution in [-0.2, 0) is 11.3 Å². The highest BCUT2D eigenvalue weighted by Crippen LogP contribution is 2.00. The highest BCUT2D eigenvalue weighted by atomic mass is 16.5.